The van der Waals surface area contributed by atoms with Crippen molar-refractivity contribution in [2.24, 2.45) is 5.92 Å². The number of hydrogen-bond acceptors (Lipinski definition) is 7. The van der Waals surface area contributed by atoms with E-state index >= 15 is 0 Å². The molecule has 5 rings (SSSR count). The minimum absolute atomic E-state index is 0.0254. The highest BCUT2D eigenvalue weighted by atomic mass is 19.4. The summed E-state index contributed by atoms with van der Waals surface area (Å²) in [6.45, 7) is 1.47. The first kappa shape index (κ1) is 32.1. The van der Waals surface area contributed by atoms with Crippen molar-refractivity contribution in [3.8, 4) is 17.4 Å². The summed E-state index contributed by atoms with van der Waals surface area (Å²) < 4.78 is 82.5. The van der Waals surface area contributed by atoms with E-state index in [1.165, 1.54) is 4.90 Å². The topological polar surface area (TPSA) is 84.4 Å². The number of rotatable bonds is 10. The minimum Gasteiger partial charge on any atom is -0.497 e. The lowest BCUT2D eigenvalue weighted by Gasteiger charge is -2.38. The molecule has 8 nitrogen and oxygen atoms in total. The number of likely N-dealkylation sites (tertiary alicyclic amines) is 1. The van der Waals surface area contributed by atoms with Crippen LogP contribution in [0.4, 0.5) is 27.6 Å². The van der Waals surface area contributed by atoms with Crippen LogP contribution in [0.3, 0.4) is 0 Å². The molecule has 2 saturated heterocycles. The van der Waals surface area contributed by atoms with E-state index in [-0.39, 0.29) is 37.3 Å². The lowest BCUT2D eigenvalue weighted by atomic mass is 9.87. The molecule has 0 saturated carbocycles. The first-order chi connectivity index (χ1) is 20.9. The minimum atomic E-state index is -5.55. The molecule has 0 aliphatic carbocycles. The van der Waals surface area contributed by atoms with Gasteiger partial charge in [-0.3, -0.25) is 9.69 Å². The molecule has 44 heavy (non-hydrogen) atoms. The number of hydrogen-bond donors (Lipinski definition) is 1. The van der Waals surface area contributed by atoms with Gasteiger partial charge in [0.2, 0.25) is 5.88 Å². The van der Waals surface area contributed by atoms with Crippen LogP contribution < -0.4 is 19.1 Å². The summed E-state index contributed by atoms with van der Waals surface area (Å²) in [6.07, 6.45) is -0.612. The van der Waals surface area contributed by atoms with Crippen molar-refractivity contribution in [2.45, 2.75) is 62.5 Å². The van der Waals surface area contributed by atoms with E-state index < -0.39 is 24.6 Å². The zero-order chi connectivity index (χ0) is 31.5. The van der Waals surface area contributed by atoms with Crippen LogP contribution in [-0.2, 0) is 4.79 Å². The number of anilines is 1. The average Bonchev–Trinajstić information content (AvgIpc) is 2.99. The number of carboxylic acid groups (broad SMARTS) is 1. The van der Waals surface area contributed by atoms with Crippen molar-refractivity contribution in [3.05, 3.63) is 41.6 Å². The third kappa shape index (κ3) is 7.47. The fourth-order valence-electron chi connectivity index (χ4n) is 6.43. The molecule has 0 spiro atoms. The third-order valence-electron chi connectivity index (χ3n) is 8.98. The molecule has 242 valence electrons. The average molecular weight is 628 g/mol. The molecule has 2 aromatic rings. The molecule has 1 aromatic heterocycles. The molecule has 3 aliphatic heterocycles. The largest absolute Gasteiger partial charge is 0.497 e. The number of methoxy groups -OCH3 is 1. The molecular formula is C31H38F5N3O5. The van der Waals surface area contributed by atoms with Gasteiger partial charge in [-0.2, -0.15) is 22.0 Å². The second-order valence-corrected chi connectivity index (χ2v) is 11.9. The molecule has 1 unspecified atom stereocenters. The molecule has 13 heteroatoms. The summed E-state index contributed by atoms with van der Waals surface area (Å²) >= 11 is 0. The van der Waals surface area contributed by atoms with Crippen LogP contribution in [0.1, 0.15) is 61.5 Å². The summed E-state index contributed by atoms with van der Waals surface area (Å²) in [7, 11) is 1.59. The predicted octanol–water partition coefficient (Wildman–Crippen LogP) is 6.10. The molecule has 2 fully saturated rings. The maximum Gasteiger partial charge on any atom is 0.454 e. The quantitative estimate of drug-likeness (QED) is 0.317. The monoisotopic (exact) mass is 627 g/mol. The van der Waals surface area contributed by atoms with E-state index in [1.807, 2.05) is 18.2 Å². The Morgan fingerprint density at radius 2 is 1.75 bits per heavy atom. The number of fused-ring (bicyclic) bond motifs is 1. The number of ether oxygens (including phenoxy) is 3. The highest BCUT2D eigenvalue weighted by Crippen LogP contribution is 2.41. The van der Waals surface area contributed by atoms with Crippen LogP contribution in [0.5, 0.6) is 17.4 Å². The van der Waals surface area contributed by atoms with Gasteiger partial charge < -0.3 is 24.2 Å². The number of carbonyl (C=O) groups is 1. The number of benzene rings is 1. The summed E-state index contributed by atoms with van der Waals surface area (Å²) in [5.41, 5.74) is 2.87. The highest BCUT2D eigenvalue weighted by Gasteiger charge is 2.58. The van der Waals surface area contributed by atoms with Crippen molar-refractivity contribution < 1.29 is 46.1 Å². The van der Waals surface area contributed by atoms with Gasteiger partial charge >= 0.3 is 18.1 Å². The second-order valence-electron chi connectivity index (χ2n) is 11.9. The molecule has 3 aliphatic rings. The zero-order valence-electron chi connectivity index (χ0n) is 24.6. The Labute approximate surface area is 253 Å². The van der Waals surface area contributed by atoms with Gasteiger partial charge in [-0.25, -0.2) is 4.98 Å². The van der Waals surface area contributed by atoms with Crippen LogP contribution in [-0.4, -0.2) is 86.1 Å². The number of pyridine rings is 1. The fourth-order valence-corrected chi connectivity index (χ4v) is 6.43. The Morgan fingerprint density at radius 3 is 2.41 bits per heavy atom. The van der Waals surface area contributed by atoms with Crippen LogP contribution in [0, 0.1) is 5.92 Å². The normalized spacial score (nSPS) is 20.6. The van der Waals surface area contributed by atoms with Crippen molar-refractivity contribution in [2.75, 3.05) is 57.9 Å². The summed E-state index contributed by atoms with van der Waals surface area (Å²) in [4.78, 5) is 19.1. The maximum absolute atomic E-state index is 13.6. The second kappa shape index (κ2) is 13.3. The number of halogens is 5. The van der Waals surface area contributed by atoms with E-state index in [9.17, 15) is 31.9 Å². The van der Waals surface area contributed by atoms with Gasteiger partial charge in [-0.05, 0) is 68.7 Å². The fraction of sp³-hybridized carbons (Fsp3) is 0.613. The summed E-state index contributed by atoms with van der Waals surface area (Å²) in [5, 5.41) is 9.27. The molecule has 0 amide bonds. The van der Waals surface area contributed by atoms with E-state index in [2.05, 4.69) is 9.88 Å². The molecular weight excluding hydrogens is 589 g/mol. The van der Waals surface area contributed by atoms with E-state index in [0.29, 0.717) is 49.9 Å². The Balaban J connectivity index is 1.18. The van der Waals surface area contributed by atoms with Gasteiger partial charge in [0.25, 0.3) is 0 Å². The standard InChI is InChI=1S/C31H38F5N3O5/c1-42-23-2-3-24(21-6-9-38(10-7-21)19-30(32,33)31(34,35)36)26(15-23)39-11-4-20(5-12-39)18-44-28-16-25-22(14-29(40)41)8-13-43-27(25)17-37-28/h2-3,15-17,20-22H,4-14,18-19H2,1H3,(H,40,41). The number of alkyl halides is 5. The van der Waals surface area contributed by atoms with E-state index in [0.717, 1.165) is 42.7 Å². The molecule has 0 bridgehead atoms. The van der Waals surface area contributed by atoms with Gasteiger partial charge in [-0.1, -0.05) is 6.07 Å². The number of piperidine rings is 2. The van der Waals surface area contributed by atoms with Gasteiger partial charge in [0.05, 0.1) is 39.5 Å². The summed E-state index contributed by atoms with van der Waals surface area (Å²) in [5.74, 6) is -3.67. The highest BCUT2D eigenvalue weighted by molar-refractivity contribution is 5.68. The Bertz CT molecular complexity index is 1290. The molecule has 1 atom stereocenters. The number of carboxylic acids is 1. The maximum atomic E-state index is 13.6. The SMILES string of the molecule is COc1ccc(C2CCN(CC(F)(F)C(F)(F)F)CC2)c(N2CCC(COc3cc4c(cn3)OCCC4CC(=O)O)CC2)c1. The van der Waals surface area contributed by atoms with Crippen molar-refractivity contribution >= 4 is 11.7 Å². The van der Waals surface area contributed by atoms with E-state index in [1.54, 1.807) is 19.4 Å². The third-order valence-corrected chi connectivity index (χ3v) is 8.98. The lowest BCUT2D eigenvalue weighted by molar-refractivity contribution is -0.287. The van der Waals surface area contributed by atoms with Crippen LogP contribution in [0.25, 0.3) is 0 Å². The number of aliphatic carboxylic acids is 1. The molecule has 1 N–H and O–H groups in total. The lowest BCUT2D eigenvalue weighted by Crippen LogP contribution is -2.49. The Kier molecular flexibility index (Phi) is 9.71. The molecule has 0 radical (unpaired) electrons. The van der Waals surface area contributed by atoms with Crippen molar-refractivity contribution in [3.63, 3.8) is 0 Å². The Hall–Kier alpha value is -3.35. The zero-order valence-corrected chi connectivity index (χ0v) is 24.6. The predicted molar refractivity (Wildman–Crippen MR) is 152 cm³/mol. The van der Waals surface area contributed by atoms with Crippen molar-refractivity contribution in [1.82, 2.24) is 9.88 Å². The number of nitrogens with zero attached hydrogens (tertiary/aromatic N) is 3. The van der Waals surface area contributed by atoms with E-state index in [4.69, 9.17) is 14.2 Å². The van der Waals surface area contributed by atoms with Gasteiger partial charge in [0, 0.05) is 42.4 Å². The molecule has 1 aromatic carbocycles. The first-order valence-electron chi connectivity index (χ1n) is 15.0. The van der Waals surface area contributed by atoms with Crippen LogP contribution in [0.15, 0.2) is 30.5 Å². The van der Waals surface area contributed by atoms with Gasteiger partial charge in [-0.15, -0.1) is 0 Å². The molecule has 4 heterocycles. The first-order valence-corrected chi connectivity index (χ1v) is 15.0. The smallest absolute Gasteiger partial charge is 0.454 e. The van der Waals surface area contributed by atoms with Crippen LogP contribution in [0.2, 0.25) is 0 Å². The van der Waals surface area contributed by atoms with Gasteiger partial charge in [0.15, 0.2) is 0 Å². The van der Waals surface area contributed by atoms with Crippen molar-refractivity contribution in [1.29, 1.82) is 0 Å². The van der Waals surface area contributed by atoms with Crippen LogP contribution >= 0.6 is 0 Å². The van der Waals surface area contributed by atoms with Gasteiger partial charge in [0.1, 0.15) is 11.5 Å². The Morgan fingerprint density at radius 1 is 1.02 bits per heavy atom. The summed E-state index contributed by atoms with van der Waals surface area (Å²) in [6, 6.07) is 7.61. The number of aromatic nitrogens is 1.